The molecule has 1 aliphatic carbocycles. The van der Waals surface area contributed by atoms with Gasteiger partial charge in [0.1, 0.15) is 11.5 Å². The molecule has 0 atom stereocenters. The van der Waals surface area contributed by atoms with Gasteiger partial charge in [0.05, 0.1) is 26.9 Å². The van der Waals surface area contributed by atoms with E-state index in [-0.39, 0.29) is 11.9 Å². The lowest BCUT2D eigenvalue weighted by atomic mass is 9.87. The van der Waals surface area contributed by atoms with E-state index in [1.165, 1.54) is 7.11 Å². The smallest absolute Gasteiger partial charge is 0.337 e. The Kier molecular flexibility index (Phi) is 7.70. The lowest BCUT2D eigenvalue weighted by Gasteiger charge is -2.21. The molecule has 31 heavy (non-hydrogen) atoms. The maximum Gasteiger partial charge on any atom is 0.337 e. The highest BCUT2D eigenvalue weighted by Crippen LogP contribution is 2.32. The maximum atomic E-state index is 13.0. The molecule has 0 bridgehead atoms. The molecule has 0 fully saturated rings. The van der Waals surface area contributed by atoms with Crippen molar-refractivity contribution in [2.24, 2.45) is 0 Å². The van der Waals surface area contributed by atoms with E-state index in [1.807, 2.05) is 30.3 Å². The van der Waals surface area contributed by atoms with Crippen LogP contribution in [0.15, 0.2) is 53.6 Å². The van der Waals surface area contributed by atoms with Crippen LogP contribution >= 0.6 is 0 Å². The molecule has 0 aromatic heterocycles. The summed E-state index contributed by atoms with van der Waals surface area (Å²) in [4.78, 5) is 24.5. The van der Waals surface area contributed by atoms with E-state index in [9.17, 15) is 9.59 Å². The number of carbonyl (C=O) groups excluding carboxylic acids is 2. The summed E-state index contributed by atoms with van der Waals surface area (Å²) in [6.07, 6.45) is 4.42. The summed E-state index contributed by atoms with van der Waals surface area (Å²) in [7, 11) is 4.65. The molecule has 1 aliphatic rings. The fraction of sp³-hybridized carbons (Fsp3) is 0.360. The molecule has 2 aromatic rings. The Labute approximate surface area is 183 Å². The molecule has 0 unspecified atom stereocenters. The van der Waals surface area contributed by atoms with Crippen molar-refractivity contribution < 1.29 is 23.8 Å². The van der Waals surface area contributed by atoms with Crippen molar-refractivity contribution >= 4 is 11.9 Å². The Bertz CT molecular complexity index is 962. The Morgan fingerprint density at radius 3 is 2.35 bits per heavy atom. The van der Waals surface area contributed by atoms with Crippen LogP contribution < -0.4 is 14.8 Å². The first-order valence-electron chi connectivity index (χ1n) is 10.4. The van der Waals surface area contributed by atoms with Gasteiger partial charge in [-0.2, -0.15) is 0 Å². The minimum Gasteiger partial charge on any atom is -0.497 e. The van der Waals surface area contributed by atoms with Crippen LogP contribution in [-0.4, -0.2) is 33.2 Å². The second-order valence-corrected chi connectivity index (χ2v) is 7.51. The van der Waals surface area contributed by atoms with Gasteiger partial charge in [-0.05, 0) is 68.0 Å². The molecular weight excluding hydrogens is 394 g/mol. The maximum absolute atomic E-state index is 13.0. The Hall–Kier alpha value is -3.28. The molecule has 0 saturated carbocycles. The van der Waals surface area contributed by atoms with Gasteiger partial charge < -0.3 is 19.5 Å². The van der Waals surface area contributed by atoms with Gasteiger partial charge in [0.15, 0.2) is 0 Å². The number of methoxy groups -OCH3 is 3. The summed E-state index contributed by atoms with van der Waals surface area (Å²) in [5, 5.41) is 3.03. The van der Waals surface area contributed by atoms with Gasteiger partial charge in [0.2, 0.25) is 5.91 Å². The summed E-state index contributed by atoms with van der Waals surface area (Å²) < 4.78 is 15.6. The average Bonchev–Trinajstić information content (AvgIpc) is 2.82. The van der Waals surface area contributed by atoms with E-state index >= 15 is 0 Å². The Morgan fingerprint density at radius 1 is 0.935 bits per heavy atom. The van der Waals surface area contributed by atoms with Crippen molar-refractivity contribution in [3.63, 3.8) is 0 Å². The van der Waals surface area contributed by atoms with Gasteiger partial charge in [0, 0.05) is 17.7 Å². The number of amides is 1. The summed E-state index contributed by atoms with van der Waals surface area (Å²) in [6, 6.07) is 12.8. The zero-order valence-corrected chi connectivity index (χ0v) is 18.3. The van der Waals surface area contributed by atoms with Gasteiger partial charge in [-0.3, -0.25) is 4.79 Å². The topological polar surface area (TPSA) is 73.9 Å². The molecule has 164 valence electrons. The molecule has 0 radical (unpaired) electrons. The molecule has 6 heteroatoms. The normalized spacial score (nSPS) is 13.5. The number of rotatable bonds is 8. The molecule has 1 amide bonds. The Balaban J connectivity index is 1.73. The first kappa shape index (κ1) is 22.4. The van der Waals surface area contributed by atoms with Crippen LogP contribution in [0, 0.1) is 0 Å². The molecular formula is C25H29NO5. The van der Waals surface area contributed by atoms with Crippen molar-refractivity contribution in [2.75, 3.05) is 21.3 Å². The van der Waals surface area contributed by atoms with E-state index in [0.29, 0.717) is 18.5 Å². The minimum atomic E-state index is -0.374. The first-order chi connectivity index (χ1) is 15.0. The lowest BCUT2D eigenvalue weighted by molar-refractivity contribution is -0.118. The standard InChI is InChI=1S/C25H29NO5/c1-29-21-12-13-23(30-2)20(15-21)14-19-6-4-5-7-22(19)24(27)26-16-17-8-10-18(11-9-17)25(28)31-3/h8-13,15H,4-7,14,16H2,1-3H3,(H,26,27). The summed E-state index contributed by atoms with van der Waals surface area (Å²) in [6.45, 7) is 0.402. The van der Waals surface area contributed by atoms with E-state index in [2.05, 4.69) is 5.32 Å². The molecule has 0 aliphatic heterocycles. The van der Waals surface area contributed by atoms with Gasteiger partial charge in [0.25, 0.3) is 0 Å². The fourth-order valence-corrected chi connectivity index (χ4v) is 3.85. The average molecular weight is 424 g/mol. The number of hydrogen-bond donors (Lipinski definition) is 1. The molecule has 6 nitrogen and oxygen atoms in total. The largest absolute Gasteiger partial charge is 0.497 e. The van der Waals surface area contributed by atoms with Crippen LogP contribution in [-0.2, 0) is 22.5 Å². The predicted octanol–water partition coefficient (Wildman–Crippen LogP) is 4.22. The monoisotopic (exact) mass is 423 g/mol. The number of ether oxygens (including phenoxy) is 3. The van der Waals surface area contributed by atoms with Crippen LogP contribution in [0.1, 0.15) is 47.2 Å². The third-order valence-corrected chi connectivity index (χ3v) is 5.58. The molecule has 0 spiro atoms. The van der Waals surface area contributed by atoms with E-state index in [4.69, 9.17) is 14.2 Å². The predicted molar refractivity (Wildman–Crippen MR) is 118 cm³/mol. The van der Waals surface area contributed by atoms with Gasteiger partial charge in [-0.15, -0.1) is 0 Å². The first-order valence-corrected chi connectivity index (χ1v) is 10.4. The molecule has 3 rings (SSSR count). The van der Waals surface area contributed by atoms with E-state index in [0.717, 1.165) is 59.5 Å². The van der Waals surface area contributed by atoms with E-state index < -0.39 is 0 Å². The van der Waals surface area contributed by atoms with E-state index in [1.54, 1.807) is 26.4 Å². The second kappa shape index (κ2) is 10.7. The highest BCUT2D eigenvalue weighted by molar-refractivity contribution is 5.94. The van der Waals surface area contributed by atoms with Gasteiger partial charge >= 0.3 is 5.97 Å². The van der Waals surface area contributed by atoms with Crippen molar-refractivity contribution in [1.82, 2.24) is 5.32 Å². The highest BCUT2D eigenvalue weighted by atomic mass is 16.5. The Morgan fingerprint density at radius 2 is 1.68 bits per heavy atom. The van der Waals surface area contributed by atoms with Crippen molar-refractivity contribution in [3.8, 4) is 11.5 Å². The van der Waals surface area contributed by atoms with Crippen molar-refractivity contribution in [1.29, 1.82) is 0 Å². The SMILES string of the molecule is COC(=O)c1ccc(CNC(=O)C2=C(Cc3cc(OC)ccc3OC)CCCC2)cc1. The van der Waals surface area contributed by atoms with Gasteiger partial charge in [-0.25, -0.2) is 4.79 Å². The molecule has 2 aromatic carbocycles. The van der Waals surface area contributed by atoms with Crippen molar-refractivity contribution in [2.45, 2.75) is 38.6 Å². The number of allylic oxidation sites excluding steroid dienone is 1. The van der Waals surface area contributed by atoms with Crippen LogP contribution in [0.3, 0.4) is 0 Å². The van der Waals surface area contributed by atoms with Crippen LogP contribution in [0.4, 0.5) is 0 Å². The third kappa shape index (κ3) is 5.66. The molecule has 1 N–H and O–H groups in total. The number of nitrogens with one attached hydrogen (secondary N) is 1. The third-order valence-electron chi connectivity index (χ3n) is 5.58. The summed E-state index contributed by atoms with van der Waals surface area (Å²) in [5.74, 6) is 1.16. The molecule has 0 heterocycles. The summed E-state index contributed by atoms with van der Waals surface area (Å²) >= 11 is 0. The lowest BCUT2D eigenvalue weighted by Crippen LogP contribution is -2.27. The number of benzene rings is 2. The second-order valence-electron chi connectivity index (χ2n) is 7.51. The van der Waals surface area contributed by atoms with Gasteiger partial charge in [-0.1, -0.05) is 17.7 Å². The number of carbonyl (C=O) groups is 2. The zero-order chi connectivity index (χ0) is 22.2. The van der Waals surface area contributed by atoms with Crippen molar-refractivity contribution in [3.05, 3.63) is 70.3 Å². The fourth-order valence-electron chi connectivity index (χ4n) is 3.85. The number of hydrogen-bond acceptors (Lipinski definition) is 5. The highest BCUT2D eigenvalue weighted by Gasteiger charge is 2.20. The number of esters is 1. The molecule has 0 saturated heterocycles. The zero-order valence-electron chi connectivity index (χ0n) is 18.3. The van der Waals surface area contributed by atoms with Crippen LogP contribution in [0.2, 0.25) is 0 Å². The minimum absolute atomic E-state index is 0.0337. The quantitative estimate of drug-likeness (QED) is 0.644. The van der Waals surface area contributed by atoms with Crippen LogP contribution in [0.25, 0.3) is 0 Å². The summed E-state index contributed by atoms with van der Waals surface area (Å²) in [5.41, 5.74) is 4.44. The van der Waals surface area contributed by atoms with Crippen LogP contribution in [0.5, 0.6) is 11.5 Å².